The molecular weight excluding hydrogens is 292 g/mol. The lowest BCUT2D eigenvalue weighted by Crippen LogP contribution is -1.99. The third-order valence-corrected chi connectivity index (χ3v) is 4.21. The number of nitrogens with zero attached hydrogens (tertiary/aromatic N) is 4. The highest BCUT2D eigenvalue weighted by Gasteiger charge is 2.07. The van der Waals surface area contributed by atoms with Gasteiger partial charge in [-0.15, -0.1) is 11.8 Å². The van der Waals surface area contributed by atoms with Crippen LogP contribution in [0.2, 0.25) is 5.02 Å². The summed E-state index contributed by atoms with van der Waals surface area (Å²) in [6.45, 7) is 2.08. The minimum Gasteiger partial charge on any atom is -0.216 e. The van der Waals surface area contributed by atoms with Gasteiger partial charge < -0.3 is 0 Å². The van der Waals surface area contributed by atoms with Gasteiger partial charge in [0.05, 0.1) is 0 Å². The largest absolute Gasteiger partial charge is 0.253 e. The van der Waals surface area contributed by atoms with E-state index in [1.54, 1.807) is 16.3 Å². The Bertz CT molecular complexity index is 741. The molecule has 6 heteroatoms. The van der Waals surface area contributed by atoms with E-state index in [2.05, 4.69) is 34.1 Å². The minimum absolute atomic E-state index is 0.651. The Labute approximate surface area is 126 Å². The highest BCUT2D eigenvalue weighted by Crippen LogP contribution is 2.24. The SMILES string of the molecule is CCc1cc(SCc2cccc(Cl)c2)n2ncnc2n1. The predicted octanol–water partition coefficient (Wildman–Crippen LogP) is 3.63. The van der Waals surface area contributed by atoms with E-state index in [0.717, 1.165) is 27.9 Å². The molecule has 0 N–H and O–H groups in total. The van der Waals surface area contributed by atoms with Crippen LogP contribution in [0.1, 0.15) is 18.2 Å². The van der Waals surface area contributed by atoms with E-state index < -0.39 is 0 Å². The van der Waals surface area contributed by atoms with E-state index in [1.807, 2.05) is 18.2 Å². The van der Waals surface area contributed by atoms with Crippen molar-refractivity contribution in [2.75, 3.05) is 0 Å². The zero-order valence-electron chi connectivity index (χ0n) is 11.0. The van der Waals surface area contributed by atoms with Crippen molar-refractivity contribution in [3.05, 3.63) is 52.9 Å². The second-order valence-electron chi connectivity index (χ2n) is 4.33. The molecule has 20 heavy (non-hydrogen) atoms. The molecule has 0 unspecified atom stereocenters. The zero-order valence-corrected chi connectivity index (χ0v) is 12.5. The highest BCUT2D eigenvalue weighted by atomic mass is 35.5. The maximum atomic E-state index is 6.01. The summed E-state index contributed by atoms with van der Waals surface area (Å²) in [7, 11) is 0. The molecule has 0 aliphatic rings. The number of halogens is 1. The van der Waals surface area contributed by atoms with Crippen molar-refractivity contribution in [3.8, 4) is 0 Å². The lowest BCUT2D eigenvalue weighted by Gasteiger charge is -2.06. The molecule has 2 aromatic heterocycles. The maximum absolute atomic E-state index is 6.01. The van der Waals surface area contributed by atoms with Crippen LogP contribution < -0.4 is 0 Å². The third kappa shape index (κ3) is 2.78. The van der Waals surface area contributed by atoms with Gasteiger partial charge in [-0.05, 0) is 30.2 Å². The van der Waals surface area contributed by atoms with Crippen molar-refractivity contribution >= 4 is 29.1 Å². The standard InChI is InChI=1S/C14H13ClN4S/c1-2-12-7-13(19-14(18-12)16-9-17-19)20-8-10-4-3-5-11(15)6-10/h3-7,9H,2,8H2,1H3. The van der Waals surface area contributed by atoms with Gasteiger partial charge in [0.2, 0.25) is 0 Å². The quantitative estimate of drug-likeness (QED) is 0.545. The summed E-state index contributed by atoms with van der Waals surface area (Å²) >= 11 is 7.71. The molecule has 3 aromatic rings. The number of rotatable bonds is 4. The zero-order chi connectivity index (χ0) is 13.9. The summed E-state index contributed by atoms with van der Waals surface area (Å²) in [6.07, 6.45) is 2.42. The van der Waals surface area contributed by atoms with E-state index in [-0.39, 0.29) is 0 Å². The molecule has 0 saturated carbocycles. The average Bonchev–Trinajstić information content (AvgIpc) is 2.93. The molecule has 3 rings (SSSR count). The lowest BCUT2D eigenvalue weighted by atomic mass is 10.2. The maximum Gasteiger partial charge on any atom is 0.253 e. The molecule has 4 nitrogen and oxygen atoms in total. The first-order chi connectivity index (χ1) is 9.76. The van der Waals surface area contributed by atoms with E-state index in [4.69, 9.17) is 11.6 Å². The van der Waals surface area contributed by atoms with Crippen LogP contribution in [0.3, 0.4) is 0 Å². The molecule has 0 saturated heterocycles. The van der Waals surface area contributed by atoms with Crippen molar-refractivity contribution in [2.45, 2.75) is 24.1 Å². The molecule has 2 heterocycles. The van der Waals surface area contributed by atoms with Gasteiger partial charge in [0.1, 0.15) is 11.4 Å². The predicted molar refractivity (Wildman–Crippen MR) is 81.2 cm³/mol. The Morgan fingerprint density at radius 3 is 3.00 bits per heavy atom. The summed E-state index contributed by atoms with van der Waals surface area (Å²) in [4.78, 5) is 8.60. The summed E-state index contributed by atoms with van der Waals surface area (Å²) in [5.74, 6) is 1.49. The summed E-state index contributed by atoms with van der Waals surface area (Å²) in [5, 5.41) is 6.03. The molecule has 0 aliphatic heterocycles. The number of aromatic nitrogens is 4. The van der Waals surface area contributed by atoms with Gasteiger partial charge in [0, 0.05) is 16.5 Å². The molecule has 0 fully saturated rings. The Hall–Kier alpha value is -1.59. The van der Waals surface area contributed by atoms with Gasteiger partial charge in [0.15, 0.2) is 0 Å². The van der Waals surface area contributed by atoms with Gasteiger partial charge >= 0.3 is 0 Å². The molecule has 0 amide bonds. The van der Waals surface area contributed by atoms with Gasteiger partial charge in [-0.1, -0.05) is 30.7 Å². The normalized spacial score (nSPS) is 11.1. The monoisotopic (exact) mass is 304 g/mol. The smallest absolute Gasteiger partial charge is 0.216 e. The van der Waals surface area contributed by atoms with Crippen LogP contribution in [0, 0.1) is 0 Å². The summed E-state index contributed by atoms with van der Waals surface area (Å²) in [6, 6.07) is 9.96. The number of aryl methyl sites for hydroxylation is 1. The van der Waals surface area contributed by atoms with Crippen molar-refractivity contribution < 1.29 is 0 Å². The van der Waals surface area contributed by atoms with E-state index in [0.29, 0.717) is 5.78 Å². The van der Waals surface area contributed by atoms with Gasteiger partial charge in [-0.2, -0.15) is 14.6 Å². The molecular formula is C14H13ClN4S. The summed E-state index contributed by atoms with van der Waals surface area (Å²) in [5.41, 5.74) is 2.21. The van der Waals surface area contributed by atoms with Crippen molar-refractivity contribution in [2.24, 2.45) is 0 Å². The Morgan fingerprint density at radius 1 is 1.30 bits per heavy atom. The number of benzene rings is 1. The minimum atomic E-state index is 0.651. The van der Waals surface area contributed by atoms with E-state index in [9.17, 15) is 0 Å². The van der Waals surface area contributed by atoms with Crippen LogP contribution >= 0.6 is 23.4 Å². The highest BCUT2D eigenvalue weighted by molar-refractivity contribution is 7.98. The first-order valence-corrected chi connectivity index (χ1v) is 7.69. The van der Waals surface area contributed by atoms with Crippen LogP contribution in [-0.4, -0.2) is 19.6 Å². The van der Waals surface area contributed by atoms with Crippen molar-refractivity contribution in [1.82, 2.24) is 19.6 Å². The molecule has 1 aromatic carbocycles. The molecule has 0 aliphatic carbocycles. The first-order valence-electron chi connectivity index (χ1n) is 6.33. The number of hydrogen-bond donors (Lipinski definition) is 0. The van der Waals surface area contributed by atoms with Crippen LogP contribution in [0.15, 0.2) is 41.7 Å². The van der Waals surface area contributed by atoms with Crippen LogP contribution in [0.5, 0.6) is 0 Å². The van der Waals surface area contributed by atoms with Crippen LogP contribution in [0.25, 0.3) is 5.78 Å². The molecule has 0 bridgehead atoms. The van der Waals surface area contributed by atoms with Gasteiger partial charge in [-0.3, -0.25) is 0 Å². The van der Waals surface area contributed by atoms with Crippen LogP contribution in [-0.2, 0) is 12.2 Å². The molecule has 102 valence electrons. The van der Waals surface area contributed by atoms with Crippen molar-refractivity contribution in [3.63, 3.8) is 0 Å². The Balaban J connectivity index is 1.88. The molecule has 0 radical (unpaired) electrons. The second-order valence-corrected chi connectivity index (χ2v) is 5.76. The van der Waals surface area contributed by atoms with Crippen molar-refractivity contribution in [1.29, 1.82) is 0 Å². The fourth-order valence-corrected chi connectivity index (χ4v) is 3.08. The van der Waals surface area contributed by atoms with E-state index in [1.165, 1.54) is 11.9 Å². The topological polar surface area (TPSA) is 43.1 Å². The summed E-state index contributed by atoms with van der Waals surface area (Å²) < 4.78 is 1.77. The van der Waals surface area contributed by atoms with Crippen LogP contribution in [0.4, 0.5) is 0 Å². The lowest BCUT2D eigenvalue weighted by molar-refractivity contribution is 0.822. The number of fused-ring (bicyclic) bond motifs is 1. The third-order valence-electron chi connectivity index (χ3n) is 2.91. The Kier molecular flexibility index (Phi) is 3.89. The first kappa shape index (κ1) is 13.4. The average molecular weight is 305 g/mol. The Morgan fingerprint density at radius 2 is 2.20 bits per heavy atom. The van der Waals surface area contributed by atoms with E-state index >= 15 is 0 Å². The molecule has 0 spiro atoms. The number of hydrogen-bond acceptors (Lipinski definition) is 4. The fourth-order valence-electron chi connectivity index (χ4n) is 1.90. The fraction of sp³-hybridized carbons (Fsp3) is 0.214. The van der Waals surface area contributed by atoms with Gasteiger partial charge in [0.25, 0.3) is 5.78 Å². The van der Waals surface area contributed by atoms with Gasteiger partial charge in [-0.25, -0.2) is 4.98 Å². The molecule has 0 atom stereocenters. The number of thioether (sulfide) groups is 1. The second kappa shape index (κ2) is 5.81.